The van der Waals surface area contributed by atoms with Crippen LogP contribution in [0.4, 0.5) is 4.79 Å². The molecule has 7 heteroatoms. The number of benzene rings is 2. The van der Waals surface area contributed by atoms with Crippen molar-refractivity contribution in [1.82, 2.24) is 10.2 Å². The average Bonchev–Trinajstić information content (AvgIpc) is 3.38. The highest BCUT2D eigenvalue weighted by molar-refractivity contribution is 7.21. The van der Waals surface area contributed by atoms with Crippen molar-refractivity contribution in [2.24, 2.45) is 0 Å². The summed E-state index contributed by atoms with van der Waals surface area (Å²) in [6.45, 7) is 3.17. The molecule has 3 amide bonds. The number of carbonyl (C=O) groups excluding carboxylic acids is 3. The minimum atomic E-state index is -1.36. The largest absolute Gasteiger partial charge is 0.458 e. The maximum absolute atomic E-state index is 13.2. The minimum absolute atomic E-state index is 0.258. The number of nitrogens with one attached hydrogen (secondary N) is 1. The summed E-state index contributed by atoms with van der Waals surface area (Å²) in [7, 11) is 0. The second-order valence-corrected chi connectivity index (χ2v) is 8.62. The molecule has 0 radical (unpaired) electrons. The molecule has 30 heavy (non-hydrogen) atoms. The first-order valence-corrected chi connectivity index (χ1v) is 10.3. The molecule has 0 aliphatic carbocycles. The van der Waals surface area contributed by atoms with Crippen molar-refractivity contribution in [2.45, 2.75) is 19.4 Å². The van der Waals surface area contributed by atoms with Gasteiger partial charge < -0.3 is 9.73 Å². The Morgan fingerprint density at radius 2 is 1.87 bits per heavy atom. The van der Waals surface area contributed by atoms with Gasteiger partial charge in [-0.2, -0.15) is 0 Å². The fourth-order valence-electron chi connectivity index (χ4n) is 3.89. The van der Waals surface area contributed by atoms with Crippen LogP contribution >= 0.6 is 11.3 Å². The Hall–Kier alpha value is -3.45. The van der Waals surface area contributed by atoms with E-state index in [1.807, 2.05) is 49.4 Å². The number of Topliss-reactive ketones (excluding diaryl/α,β-unsaturated/α-hetero) is 1. The summed E-state index contributed by atoms with van der Waals surface area (Å²) in [5.74, 6) is -0.417. The minimum Gasteiger partial charge on any atom is -0.458 e. The number of hydrogen-bond acceptors (Lipinski definition) is 5. The Bertz CT molecular complexity index is 1320. The van der Waals surface area contributed by atoms with Crippen molar-refractivity contribution in [1.29, 1.82) is 0 Å². The van der Waals surface area contributed by atoms with Crippen molar-refractivity contribution in [3.8, 4) is 0 Å². The van der Waals surface area contributed by atoms with Crippen LogP contribution < -0.4 is 5.32 Å². The second-order valence-electron chi connectivity index (χ2n) is 7.57. The van der Waals surface area contributed by atoms with E-state index in [0.717, 1.165) is 25.9 Å². The Labute approximate surface area is 176 Å². The zero-order valence-corrected chi connectivity index (χ0v) is 17.2. The smallest absolute Gasteiger partial charge is 0.325 e. The molecule has 2 aromatic carbocycles. The second kappa shape index (κ2) is 6.53. The maximum Gasteiger partial charge on any atom is 0.325 e. The van der Waals surface area contributed by atoms with Crippen molar-refractivity contribution in [2.75, 3.05) is 6.54 Å². The van der Waals surface area contributed by atoms with Crippen LogP contribution in [-0.2, 0) is 10.3 Å². The van der Waals surface area contributed by atoms with E-state index in [9.17, 15) is 14.4 Å². The summed E-state index contributed by atoms with van der Waals surface area (Å²) >= 11 is 1.38. The fraction of sp³-hybridized carbons (Fsp3) is 0.174. The Balaban J connectivity index is 1.45. The summed E-state index contributed by atoms with van der Waals surface area (Å²) in [6, 6.07) is 16.3. The van der Waals surface area contributed by atoms with Crippen molar-refractivity contribution in [3.63, 3.8) is 0 Å². The molecule has 0 spiro atoms. The molecule has 1 fully saturated rings. The van der Waals surface area contributed by atoms with Gasteiger partial charge in [-0.25, -0.2) is 4.79 Å². The number of hydrogen-bond donors (Lipinski definition) is 1. The number of urea groups is 1. The average molecular weight is 418 g/mol. The van der Waals surface area contributed by atoms with Crippen LogP contribution in [0.3, 0.4) is 0 Å². The topological polar surface area (TPSA) is 79.6 Å². The molecule has 150 valence electrons. The quantitative estimate of drug-likeness (QED) is 0.388. The van der Waals surface area contributed by atoms with E-state index in [1.165, 1.54) is 11.3 Å². The molecule has 1 unspecified atom stereocenters. The summed E-state index contributed by atoms with van der Waals surface area (Å²) in [5.41, 5.74) is 0.143. The number of thiophene rings is 1. The van der Waals surface area contributed by atoms with Crippen LogP contribution in [0.15, 0.2) is 59.0 Å². The first-order valence-electron chi connectivity index (χ1n) is 9.53. The molecule has 6 nitrogen and oxygen atoms in total. The third-order valence-electron chi connectivity index (χ3n) is 5.59. The standard InChI is InChI=1S/C23H18N2O4S/c1-13-15-8-4-6-10-18(15)30-20(13)16(26)12-25-21(27)23(2,24-22(25)28)19-11-14-7-3-5-9-17(14)29-19/h3-11H,12H2,1-2H3,(H,24,28). The summed E-state index contributed by atoms with van der Waals surface area (Å²) in [5, 5.41) is 4.55. The van der Waals surface area contributed by atoms with Crippen molar-refractivity contribution >= 4 is 50.1 Å². The van der Waals surface area contributed by atoms with Crippen LogP contribution in [0, 0.1) is 6.92 Å². The molecule has 0 saturated carbocycles. The van der Waals surface area contributed by atoms with Gasteiger partial charge in [0.25, 0.3) is 5.91 Å². The van der Waals surface area contributed by atoms with E-state index < -0.39 is 17.5 Å². The van der Waals surface area contributed by atoms with Gasteiger partial charge in [0, 0.05) is 10.1 Å². The molecular formula is C23H18N2O4S. The molecule has 2 aromatic heterocycles. The molecule has 5 rings (SSSR count). The number of rotatable bonds is 4. The van der Waals surface area contributed by atoms with Gasteiger partial charge in [-0.05, 0) is 43.0 Å². The first kappa shape index (κ1) is 18.6. The summed E-state index contributed by atoms with van der Waals surface area (Å²) in [6.07, 6.45) is 0. The highest BCUT2D eigenvalue weighted by atomic mass is 32.1. The zero-order valence-electron chi connectivity index (χ0n) is 16.4. The van der Waals surface area contributed by atoms with Gasteiger partial charge in [-0.3, -0.25) is 14.5 Å². The van der Waals surface area contributed by atoms with Gasteiger partial charge in [0.1, 0.15) is 11.3 Å². The number of aryl methyl sites for hydroxylation is 1. The first-order chi connectivity index (χ1) is 14.4. The van der Waals surface area contributed by atoms with Crippen molar-refractivity contribution in [3.05, 3.63) is 70.8 Å². The Morgan fingerprint density at radius 3 is 2.63 bits per heavy atom. The third-order valence-corrected chi connectivity index (χ3v) is 6.91. The lowest BCUT2D eigenvalue weighted by Gasteiger charge is -2.18. The number of fused-ring (bicyclic) bond motifs is 2. The fourth-order valence-corrected chi connectivity index (χ4v) is 5.03. The SMILES string of the molecule is Cc1c(C(=O)CN2C(=O)NC(C)(c3cc4ccccc4o3)C2=O)sc2ccccc12. The van der Waals surface area contributed by atoms with Gasteiger partial charge in [-0.15, -0.1) is 11.3 Å². The predicted octanol–water partition coefficient (Wildman–Crippen LogP) is 4.61. The van der Waals surface area contributed by atoms with Gasteiger partial charge >= 0.3 is 6.03 Å². The Kier molecular flexibility index (Phi) is 4.04. The summed E-state index contributed by atoms with van der Waals surface area (Å²) in [4.78, 5) is 40.3. The zero-order chi connectivity index (χ0) is 21.0. The van der Waals surface area contributed by atoms with Gasteiger partial charge in [-0.1, -0.05) is 36.4 Å². The van der Waals surface area contributed by atoms with Crippen LogP contribution in [0.25, 0.3) is 21.1 Å². The van der Waals surface area contributed by atoms with E-state index in [1.54, 1.807) is 19.1 Å². The molecule has 1 saturated heterocycles. The molecule has 1 aliphatic heterocycles. The number of carbonyl (C=O) groups is 3. The highest BCUT2D eigenvalue weighted by Gasteiger charge is 2.51. The van der Waals surface area contributed by atoms with E-state index in [4.69, 9.17) is 4.42 Å². The Morgan fingerprint density at radius 1 is 1.13 bits per heavy atom. The molecule has 1 atom stereocenters. The number of nitrogens with zero attached hydrogens (tertiary/aromatic N) is 1. The normalized spacial score (nSPS) is 19.1. The van der Waals surface area contributed by atoms with Crippen LogP contribution in [0.5, 0.6) is 0 Å². The molecule has 1 N–H and O–H groups in total. The molecule has 3 heterocycles. The number of ketones is 1. The van der Waals surface area contributed by atoms with Crippen LogP contribution in [0.2, 0.25) is 0 Å². The number of amides is 3. The van der Waals surface area contributed by atoms with Gasteiger partial charge in [0.15, 0.2) is 11.3 Å². The maximum atomic E-state index is 13.2. The van der Waals surface area contributed by atoms with Crippen LogP contribution in [-0.4, -0.2) is 29.2 Å². The number of para-hydroxylation sites is 1. The van der Waals surface area contributed by atoms with Crippen LogP contribution in [0.1, 0.15) is 27.9 Å². The van der Waals surface area contributed by atoms with E-state index >= 15 is 0 Å². The predicted molar refractivity (Wildman–Crippen MR) is 115 cm³/mol. The molecule has 0 bridgehead atoms. The molecule has 1 aliphatic rings. The van der Waals surface area contributed by atoms with Gasteiger partial charge in [0.05, 0.1) is 11.4 Å². The summed E-state index contributed by atoms with van der Waals surface area (Å²) < 4.78 is 6.83. The van der Waals surface area contributed by atoms with E-state index in [-0.39, 0.29) is 12.3 Å². The lowest BCUT2D eigenvalue weighted by molar-refractivity contribution is -0.131. The molecular weight excluding hydrogens is 400 g/mol. The van der Waals surface area contributed by atoms with Gasteiger partial charge in [0.2, 0.25) is 0 Å². The lowest BCUT2D eigenvalue weighted by Crippen LogP contribution is -2.41. The highest BCUT2D eigenvalue weighted by Crippen LogP contribution is 2.34. The lowest BCUT2D eigenvalue weighted by atomic mass is 9.98. The van der Waals surface area contributed by atoms with E-state index in [2.05, 4.69) is 5.32 Å². The van der Waals surface area contributed by atoms with Crippen molar-refractivity contribution < 1.29 is 18.8 Å². The monoisotopic (exact) mass is 418 g/mol. The molecule has 4 aromatic rings. The third kappa shape index (κ3) is 2.66. The van der Waals surface area contributed by atoms with E-state index in [0.29, 0.717) is 16.2 Å². The number of imide groups is 1. The number of furan rings is 1.